The van der Waals surface area contributed by atoms with E-state index in [1.807, 2.05) is 37.3 Å². The van der Waals surface area contributed by atoms with E-state index in [1.54, 1.807) is 30.3 Å². The molecule has 1 aromatic heterocycles. The number of rotatable bonds is 5. The molecule has 1 heterocycles. The van der Waals surface area contributed by atoms with E-state index in [-0.39, 0.29) is 22.7 Å². The van der Waals surface area contributed by atoms with Gasteiger partial charge in [0.25, 0.3) is 11.6 Å². The van der Waals surface area contributed by atoms with Crippen molar-refractivity contribution in [1.29, 1.82) is 0 Å². The van der Waals surface area contributed by atoms with Gasteiger partial charge in [0.05, 0.1) is 16.0 Å². The Balaban J connectivity index is 1.59. The third-order valence-corrected chi connectivity index (χ3v) is 6.29. The summed E-state index contributed by atoms with van der Waals surface area (Å²) in [7, 11) is 0. The predicted octanol–water partition coefficient (Wildman–Crippen LogP) is 7.04. The number of phenols is 1. The number of fused-ring (bicyclic) bond motifs is 2. The van der Waals surface area contributed by atoms with E-state index in [0.29, 0.717) is 32.4 Å². The molecule has 0 unspecified atom stereocenters. The van der Waals surface area contributed by atoms with Gasteiger partial charge in [-0.15, -0.1) is 10.2 Å². The van der Waals surface area contributed by atoms with Gasteiger partial charge in [-0.2, -0.15) is 4.37 Å². The molecule has 10 heteroatoms. The summed E-state index contributed by atoms with van der Waals surface area (Å²) in [4.78, 5) is 23.7. The van der Waals surface area contributed by atoms with Crippen molar-refractivity contribution in [3.63, 3.8) is 0 Å². The average Bonchev–Trinajstić information content (AvgIpc) is 3.26. The number of nitro groups is 1. The molecule has 4 aromatic carbocycles. The topological polar surface area (TPSA) is 130 Å². The van der Waals surface area contributed by atoms with E-state index < -0.39 is 10.8 Å². The number of hydrogen-bond acceptors (Lipinski definition) is 8. The van der Waals surface area contributed by atoms with Crippen molar-refractivity contribution in [1.82, 2.24) is 4.37 Å². The van der Waals surface area contributed by atoms with Crippen LogP contribution in [0.4, 0.5) is 22.1 Å². The van der Waals surface area contributed by atoms with Gasteiger partial charge in [0.1, 0.15) is 5.69 Å². The molecule has 1 amide bonds. The summed E-state index contributed by atoms with van der Waals surface area (Å²) in [6, 6.07) is 20.4. The fourth-order valence-corrected chi connectivity index (χ4v) is 4.38. The number of nitrogens with zero attached hydrogens (tertiary/aromatic N) is 4. The minimum atomic E-state index is -0.492. The van der Waals surface area contributed by atoms with E-state index in [4.69, 9.17) is 0 Å². The number of aryl methyl sites for hydroxylation is 1. The molecule has 0 fully saturated rings. The van der Waals surface area contributed by atoms with Crippen LogP contribution in [-0.2, 0) is 0 Å². The van der Waals surface area contributed by atoms with Gasteiger partial charge >= 0.3 is 0 Å². The van der Waals surface area contributed by atoms with E-state index in [0.717, 1.165) is 17.1 Å². The van der Waals surface area contributed by atoms with Gasteiger partial charge in [-0.05, 0) is 47.6 Å². The summed E-state index contributed by atoms with van der Waals surface area (Å²) >= 11 is 1.03. The summed E-state index contributed by atoms with van der Waals surface area (Å²) in [5, 5.41) is 35.7. The second-order valence-corrected chi connectivity index (χ2v) is 8.51. The van der Waals surface area contributed by atoms with Crippen molar-refractivity contribution in [2.75, 3.05) is 5.32 Å². The zero-order valence-corrected chi connectivity index (χ0v) is 19.1. The molecule has 0 aliphatic heterocycles. The van der Waals surface area contributed by atoms with Gasteiger partial charge in [0.2, 0.25) is 0 Å². The van der Waals surface area contributed by atoms with E-state index in [2.05, 4.69) is 19.9 Å². The molecule has 0 spiro atoms. The Morgan fingerprint density at radius 2 is 1.80 bits per heavy atom. The third-order valence-electron chi connectivity index (χ3n) is 5.53. The minimum Gasteiger partial charge on any atom is -0.505 e. The molecule has 35 heavy (non-hydrogen) atoms. The fourth-order valence-electron chi connectivity index (χ4n) is 3.69. The third kappa shape index (κ3) is 4.18. The molecule has 2 N–H and O–H groups in total. The van der Waals surface area contributed by atoms with Crippen LogP contribution >= 0.6 is 11.5 Å². The number of aromatic hydroxyl groups is 1. The number of carbonyl (C=O) groups excluding carboxylic acids is 1. The van der Waals surface area contributed by atoms with Crippen molar-refractivity contribution in [3.05, 3.63) is 94.0 Å². The lowest BCUT2D eigenvalue weighted by molar-refractivity contribution is -0.384. The van der Waals surface area contributed by atoms with Crippen molar-refractivity contribution < 1.29 is 14.8 Å². The smallest absolute Gasteiger partial charge is 0.270 e. The highest BCUT2D eigenvalue weighted by atomic mass is 32.1. The van der Waals surface area contributed by atoms with Crippen LogP contribution in [-0.4, -0.2) is 20.3 Å². The van der Waals surface area contributed by atoms with Crippen LogP contribution in [0.15, 0.2) is 83.0 Å². The van der Waals surface area contributed by atoms with Gasteiger partial charge in [-0.3, -0.25) is 14.9 Å². The zero-order valence-electron chi connectivity index (χ0n) is 18.3. The Bertz CT molecular complexity index is 1660. The number of hydrogen-bond donors (Lipinski definition) is 2. The number of benzene rings is 4. The highest BCUT2D eigenvalue weighted by Gasteiger charge is 2.19. The van der Waals surface area contributed by atoms with Crippen LogP contribution in [0.5, 0.6) is 5.75 Å². The minimum absolute atomic E-state index is 0.0469. The summed E-state index contributed by atoms with van der Waals surface area (Å²) < 4.78 is 4.26. The quantitative estimate of drug-likeness (QED) is 0.157. The number of nitro benzene ring substituents is 1. The molecule has 5 aromatic rings. The Hall–Kier alpha value is -4.70. The fraction of sp³-hybridized carbons (Fsp3) is 0.0400. The van der Waals surface area contributed by atoms with Crippen LogP contribution < -0.4 is 5.32 Å². The number of non-ortho nitro benzene ring substituents is 1. The molecule has 172 valence electrons. The largest absolute Gasteiger partial charge is 0.505 e. The van der Waals surface area contributed by atoms with Crippen molar-refractivity contribution in [2.24, 2.45) is 10.2 Å². The molecule has 0 saturated heterocycles. The Kier molecular flexibility index (Phi) is 5.63. The maximum Gasteiger partial charge on any atom is 0.270 e. The molecule has 0 aliphatic carbocycles. The first-order valence-corrected chi connectivity index (χ1v) is 11.3. The monoisotopic (exact) mass is 483 g/mol. The number of carbonyl (C=O) groups is 1. The van der Waals surface area contributed by atoms with Crippen molar-refractivity contribution in [2.45, 2.75) is 6.92 Å². The number of amides is 1. The van der Waals surface area contributed by atoms with E-state index in [1.165, 1.54) is 12.1 Å². The highest BCUT2D eigenvalue weighted by molar-refractivity contribution is 7.11. The average molecular weight is 484 g/mol. The predicted molar refractivity (Wildman–Crippen MR) is 135 cm³/mol. The van der Waals surface area contributed by atoms with Gasteiger partial charge < -0.3 is 10.4 Å². The number of aromatic nitrogens is 1. The molecular weight excluding hydrogens is 466 g/mol. The van der Waals surface area contributed by atoms with Crippen LogP contribution in [0.1, 0.15) is 15.9 Å². The first-order valence-electron chi connectivity index (χ1n) is 10.5. The van der Waals surface area contributed by atoms with Crippen molar-refractivity contribution >= 4 is 61.2 Å². The number of azo groups is 1. The van der Waals surface area contributed by atoms with E-state index in [9.17, 15) is 20.0 Å². The van der Waals surface area contributed by atoms with Gasteiger partial charge in [0.15, 0.2) is 10.8 Å². The van der Waals surface area contributed by atoms with Crippen LogP contribution in [0, 0.1) is 17.0 Å². The summed E-state index contributed by atoms with van der Waals surface area (Å²) in [6.45, 7) is 1.87. The second-order valence-electron chi connectivity index (χ2n) is 7.76. The highest BCUT2D eigenvalue weighted by Crippen LogP contribution is 2.41. The molecule has 0 radical (unpaired) electrons. The number of nitrogens with one attached hydrogen (secondary N) is 1. The molecule has 0 saturated carbocycles. The Morgan fingerprint density at radius 3 is 2.60 bits per heavy atom. The lowest BCUT2D eigenvalue weighted by atomic mass is 10.0. The maximum absolute atomic E-state index is 13.1. The summed E-state index contributed by atoms with van der Waals surface area (Å²) in [6.07, 6.45) is 0. The SMILES string of the molecule is Cc1ccccc1NC(=O)c1cc2ccccc2c(N=Nc2snc3ccc([N+](=O)[O-])cc23)c1O. The first kappa shape index (κ1) is 22.1. The van der Waals surface area contributed by atoms with Gasteiger partial charge in [-0.25, -0.2) is 0 Å². The van der Waals surface area contributed by atoms with Gasteiger partial charge in [0, 0.05) is 28.6 Å². The lowest BCUT2D eigenvalue weighted by Crippen LogP contribution is -2.13. The number of para-hydroxylation sites is 1. The molecule has 0 bridgehead atoms. The molecule has 5 rings (SSSR count). The van der Waals surface area contributed by atoms with Crippen LogP contribution in [0.25, 0.3) is 21.7 Å². The lowest BCUT2D eigenvalue weighted by Gasteiger charge is -2.12. The summed E-state index contributed by atoms with van der Waals surface area (Å²) in [5.41, 5.74) is 2.14. The Labute approximate surface area is 202 Å². The van der Waals surface area contributed by atoms with Crippen LogP contribution in [0.2, 0.25) is 0 Å². The second kappa shape index (κ2) is 8.92. The standard InChI is InChI=1S/C25H17N5O4S/c1-14-6-2-5-9-20(14)26-24(32)19-12-15-7-3-4-8-17(15)22(23(19)31)27-28-25-18-13-16(30(33)34)10-11-21(18)29-35-25/h2-13,31H,1H3,(H,26,32). The number of anilines is 1. The molecule has 9 nitrogen and oxygen atoms in total. The summed E-state index contributed by atoms with van der Waals surface area (Å²) in [5.74, 6) is -0.809. The van der Waals surface area contributed by atoms with Crippen LogP contribution in [0.3, 0.4) is 0 Å². The normalized spacial score (nSPS) is 11.3. The van der Waals surface area contributed by atoms with E-state index >= 15 is 0 Å². The van der Waals surface area contributed by atoms with Crippen molar-refractivity contribution in [3.8, 4) is 5.75 Å². The van der Waals surface area contributed by atoms with Gasteiger partial charge in [-0.1, -0.05) is 42.5 Å². The molecule has 0 aliphatic rings. The Morgan fingerprint density at radius 1 is 1.03 bits per heavy atom. The number of phenolic OH excluding ortho intramolecular Hbond substituents is 1. The molecular formula is C25H17N5O4S. The first-order chi connectivity index (χ1) is 16.9. The zero-order chi connectivity index (χ0) is 24.5. The molecule has 0 atom stereocenters. The maximum atomic E-state index is 13.1.